The number of benzene rings is 1. The SMILES string of the molecule is CC(C)c1ccc(NC(=O)[C@@H]2CCCN(S(=O)(=O)c3ccc(-c4ccn[nH]4)o3)C2)cc1. The summed E-state index contributed by atoms with van der Waals surface area (Å²) in [6, 6.07) is 12.5. The molecule has 1 aromatic carbocycles. The highest BCUT2D eigenvalue weighted by Gasteiger charge is 2.35. The maximum absolute atomic E-state index is 13.1. The van der Waals surface area contributed by atoms with E-state index in [1.165, 1.54) is 15.9 Å². The summed E-state index contributed by atoms with van der Waals surface area (Å²) >= 11 is 0. The highest BCUT2D eigenvalue weighted by atomic mass is 32.2. The Hall–Kier alpha value is -2.91. The van der Waals surface area contributed by atoms with E-state index in [4.69, 9.17) is 4.42 Å². The number of nitrogens with one attached hydrogen (secondary N) is 2. The molecule has 2 aromatic heterocycles. The number of hydrogen-bond acceptors (Lipinski definition) is 5. The normalized spacial score (nSPS) is 17.7. The molecule has 1 fully saturated rings. The van der Waals surface area contributed by atoms with Crippen molar-refractivity contribution in [3.05, 3.63) is 54.2 Å². The van der Waals surface area contributed by atoms with E-state index >= 15 is 0 Å². The van der Waals surface area contributed by atoms with Crippen LogP contribution in [-0.2, 0) is 14.8 Å². The molecule has 0 spiro atoms. The van der Waals surface area contributed by atoms with Gasteiger partial charge in [0.25, 0.3) is 10.0 Å². The average molecular weight is 443 g/mol. The van der Waals surface area contributed by atoms with Crippen molar-refractivity contribution in [2.75, 3.05) is 18.4 Å². The Kier molecular flexibility index (Phi) is 5.97. The molecule has 164 valence electrons. The first-order chi connectivity index (χ1) is 14.8. The smallest absolute Gasteiger partial charge is 0.276 e. The molecule has 1 aliphatic heterocycles. The van der Waals surface area contributed by atoms with Crippen LogP contribution in [0.2, 0.25) is 0 Å². The summed E-state index contributed by atoms with van der Waals surface area (Å²) < 4.78 is 33.0. The minimum absolute atomic E-state index is 0.123. The number of amides is 1. The second-order valence-corrected chi connectivity index (χ2v) is 9.93. The number of aromatic nitrogens is 2. The zero-order chi connectivity index (χ0) is 22.0. The van der Waals surface area contributed by atoms with Gasteiger partial charge in [-0.3, -0.25) is 9.89 Å². The number of nitrogens with zero attached hydrogens (tertiary/aromatic N) is 2. The van der Waals surface area contributed by atoms with E-state index in [9.17, 15) is 13.2 Å². The molecule has 8 nitrogen and oxygen atoms in total. The quantitative estimate of drug-likeness (QED) is 0.603. The lowest BCUT2D eigenvalue weighted by atomic mass is 9.98. The van der Waals surface area contributed by atoms with E-state index in [1.807, 2.05) is 24.3 Å². The van der Waals surface area contributed by atoms with Crippen LogP contribution >= 0.6 is 0 Å². The van der Waals surface area contributed by atoms with Crippen molar-refractivity contribution in [3.8, 4) is 11.5 Å². The van der Waals surface area contributed by atoms with Crippen molar-refractivity contribution in [1.29, 1.82) is 0 Å². The molecule has 0 aliphatic carbocycles. The lowest BCUT2D eigenvalue weighted by molar-refractivity contribution is -0.120. The molecule has 1 saturated heterocycles. The molecule has 1 amide bonds. The Morgan fingerprint density at radius 2 is 1.97 bits per heavy atom. The fraction of sp³-hybridized carbons (Fsp3) is 0.364. The van der Waals surface area contributed by atoms with Crippen LogP contribution in [-0.4, -0.2) is 41.9 Å². The Balaban J connectivity index is 1.44. The highest BCUT2D eigenvalue weighted by molar-refractivity contribution is 7.89. The Morgan fingerprint density at radius 1 is 1.19 bits per heavy atom. The van der Waals surface area contributed by atoms with Gasteiger partial charge in [-0.15, -0.1) is 0 Å². The Labute approximate surface area is 181 Å². The van der Waals surface area contributed by atoms with Gasteiger partial charge in [0.05, 0.1) is 5.92 Å². The molecule has 4 rings (SSSR count). The molecule has 0 bridgehead atoms. The average Bonchev–Trinajstić information content (AvgIpc) is 3.46. The fourth-order valence-corrected chi connectivity index (χ4v) is 5.13. The van der Waals surface area contributed by atoms with Gasteiger partial charge in [-0.25, -0.2) is 8.42 Å². The van der Waals surface area contributed by atoms with Crippen molar-refractivity contribution >= 4 is 21.6 Å². The van der Waals surface area contributed by atoms with Crippen LogP contribution in [0.25, 0.3) is 11.5 Å². The largest absolute Gasteiger partial charge is 0.442 e. The molecule has 0 radical (unpaired) electrons. The number of furan rings is 1. The maximum Gasteiger partial charge on any atom is 0.276 e. The van der Waals surface area contributed by atoms with E-state index in [0.29, 0.717) is 42.4 Å². The van der Waals surface area contributed by atoms with E-state index in [-0.39, 0.29) is 17.5 Å². The number of rotatable bonds is 6. The molecule has 3 heterocycles. The van der Waals surface area contributed by atoms with Crippen molar-refractivity contribution in [2.45, 2.75) is 37.7 Å². The molecule has 3 aromatic rings. The van der Waals surface area contributed by atoms with Crippen LogP contribution in [0.1, 0.15) is 38.2 Å². The van der Waals surface area contributed by atoms with E-state index in [1.54, 1.807) is 18.3 Å². The lowest BCUT2D eigenvalue weighted by Crippen LogP contribution is -2.43. The number of carbonyl (C=O) groups excluding carboxylic acids is 1. The van der Waals surface area contributed by atoms with Gasteiger partial charge in [0.2, 0.25) is 11.0 Å². The third-order valence-corrected chi connectivity index (χ3v) is 7.28. The van der Waals surface area contributed by atoms with Crippen LogP contribution in [0.15, 0.2) is 58.2 Å². The Morgan fingerprint density at radius 3 is 2.65 bits per heavy atom. The monoisotopic (exact) mass is 442 g/mol. The number of piperidine rings is 1. The first-order valence-electron chi connectivity index (χ1n) is 10.3. The van der Waals surface area contributed by atoms with Crippen molar-refractivity contribution in [1.82, 2.24) is 14.5 Å². The molecule has 1 aliphatic rings. The van der Waals surface area contributed by atoms with E-state index < -0.39 is 15.9 Å². The lowest BCUT2D eigenvalue weighted by Gasteiger charge is -2.30. The summed E-state index contributed by atoms with van der Waals surface area (Å²) in [7, 11) is -3.83. The molecule has 0 unspecified atom stereocenters. The summed E-state index contributed by atoms with van der Waals surface area (Å²) in [6.45, 7) is 4.71. The fourth-order valence-electron chi connectivity index (χ4n) is 3.69. The van der Waals surface area contributed by atoms with Crippen LogP contribution in [0.4, 0.5) is 5.69 Å². The van der Waals surface area contributed by atoms with Crippen LogP contribution in [0.3, 0.4) is 0 Å². The zero-order valence-corrected chi connectivity index (χ0v) is 18.4. The maximum atomic E-state index is 13.1. The van der Waals surface area contributed by atoms with Crippen LogP contribution in [0.5, 0.6) is 0 Å². The van der Waals surface area contributed by atoms with Crippen molar-refractivity contribution < 1.29 is 17.6 Å². The topological polar surface area (TPSA) is 108 Å². The number of hydrogen-bond donors (Lipinski definition) is 2. The minimum Gasteiger partial charge on any atom is -0.442 e. The second kappa shape index (κ2) is 8.68. The predicted octanol–water partition coefficient (Wildman–Crippen LogP) is 3.83. The van der Waals surface area contributed by atoms with Gasteiger partial charge in [0.15, 0.2) is 5.76 Å². The molecule has 9 heteroatoms. The standard InChI is InChI=1S/C22H26N4O4S/c1-15(2)16-5-7-18(8-6-16)24-22(27)17-4-3-13-26(14-17)31(28,29)21-10-9-20(30-21)19-11-12-23-25-19/h5-12,15,17H,3-4,13-14H2,1-2H3,(H,23,25)(H,24,27)/t17-/m1/s1. The number of H-pyrrole nitrogens is 1. The summed E-state index contributed by atoms with van der Waals surface area (Å²) in [4.78, 5) is 12.8. The summed E-state index contributed by atoms with van der Waals surface area (Å²) in [5.41, 5.74) is 2.51. The zero-order valence-electron chi connectivity index (χ0n) is 17.5. The van der Waals surface area contributed by atoms with E-state index in [0.717, 1.165) is 0 Å². The third kappa shape index (κ3) is 4.57. The molecule has 1 atom stereocenters. The van der Waals surface area contributed by atoms with Crippen LogP contribution < -0.4 is 5.32 Å². The summed E-state index contributed by atoms with van der Waals surface area (Å²) in [5, 5.41) is 9.38. The first-order valence-corrected chi connectivity index (χ1v) is 11.8. The van der Waals surface area contributed by atoms with Gasteiger partial charge in [-0.2, -0.15) is 9.40 Å². The number of aromatic amines is 1. The number of anilines is 1. The first kappa shape index (κ1) is 21.3. The van der Waals surface area contributed by atoms with E-state index in [2.05, 4.69) is 29.4 Å². The highest BCUT2D eigenvalue weighted by Crippen LogP contribution is 2.28. The molecule has 0 saturated carbocycles. The molecule has 31 heavy (non-hydrogen) atoms. The van der Waals surface area contributed by atoms with Gasteiger partial charge in [-0.1, -0.05) is 26.0 Å². The number of carbonyl (C=O) groups is 1. The Bertz CT molecular complexity index is 1130. The second-order valence-electron chi connectivity index (χ2n) is 8.06. The van der Waals surface area contributed by atoms with Crippen molar-refractivity contribution in [2.24, 2.45) is 5.92 Å². The predicted molar refractivity (Wildman–Crippen MR) is 117 cm³/mol. The molecular weight excluding hydrogens is 416 g/mol. The van der Waals surface area contributed by atoms with Crippen molar-refractivity contribution in [3.63, 3.8) is 0 Å². The summed E-state index contributed by atoms with van der Waals surface area (Å²) in [5.74, 6) is 0.217. The molecule has 2 N–H and O–H groups in total. The van der Waals surface area contributed by atoms with Gasteiger partial charge < -0.3 is 9.73 Å². The molecular formula is C22H26N4O4S. The summed E-state index contributed by atoms with van der Waals surface area (Å²) in [6.07, 6.45) is 2.81. The van der Waals surface area contributed by atoms with Gasteiger partial charge >= 0.3 is 0 Å². The number of sulfonamides is 1. The van der Waals surface area contributed by atoms with Gasteiger partial charge in [-0.05, 0) is 54.7 Å². The van der Waals surface area contributed by atoms with Gasteiger partial charge in [0, 0.05) is 25.0 Å². The van der Waals surface area contributed by atoms with Gasteiger partial charge in [0.1, 0.15) is 5.69 Å². The van der Waals surface area contributed by atoms with Crippen LogP contribution in [0, 0.1) is 5.92 Å². The minimum atomic E-state index is -3.83. The third-order valence-electron chi connectivity index (χ3n) is 5.54.